The van der Waals surface area contributed by atoms with Crippen molar-refractivity contribution >= 4 is 23.5 Å². The molecule has 8 nitrogen and oxygen atoms in total. The zero-order valence-electron chi connectivity index (χ0n) is 25.2. The average Bonchev–Trinajstić information content (AvgIpc) is 3.38. The highest BCUT2D eigenvalue weighted by atomic mass is 32.2. The van der Waals surface area contributed by atoms with Crippen molar-refractivity contribution in [2.75, 3.05) is 4.90 Å². The first kappa shape index (κ1) is 30.6. The van der Waals surface area contributed by atoms with Gasteiger partial charge in [-0.15, -0.1) is 18.3 Å². The van der Waals surface area contributed by atoms with Crippen molar-refractivity contribution in [2.24, 2.45) is 0 Å². The van der Waals surface area contributed by atoms with Gasteiger partial charge < -0.3 is 20.3 Å². The number of halogens is 3. The number of alkyl halides is 3. The molecule has 2 N–H and O–H groups in total. The van der Waals surface area contributed by atoms with Gasteiger partial charge in [0, 0.05) is 28.9 Å². The van der Waals surface area contributed by atoms with Crippen molar-refractivity contribution in [3.63, 3.8) is 0 Å². The third-order valence-corrected chi connectivity index (χ3v) is 8.97. The van der Waals surface area contributed by atoms with Crippen LogP contribution in [0, 0.1) is 6.92 Å². The number of carbonyl (C=O) groups excluding carboxylic acids is 1. The monoisotopic (exact) mass is 634 g/mol. The molecular weight excluding hydrogens is 601 g/mol. The molecule has 3 unspecified atom stereocenters. The Balaban J connectivity index is 1.05. The number of carbonyl (C=O) groups is 1. The number of ether oxygens (including phenoxy) is 1. The molecule has 0 radical (unpaired) electrons. The van der Waals surface area contributed by atoms with Gasteiger partial charge in [-0.05, 0) is 78.6 Å². The number of nitrogens with one attached hydrogen (secondary N) is 2. The van der Waals surface area contributed by atoms with Crippen LogP contribution in [0.3, 0.4) is 0 Å². The van der Waals surface area contributed by atoms with Gasteiger partial charge in [0.05, 0.1) is 5.69 Å². The lowest BCUT2D eigenvalue weighted by Gasteiger charge is -2.32. The maximum absolute atomic E-state index is 13.1. The topological polar surface area (TPSA) is 84.3 Å². The van der Waals surface area contributed by atoms with Gasteiger partial charge in [0.2, 0.25) is 0 Å². The Morgan fingerprint density at radius 3 is 2.44 bits per heavy atom. The number of rotatable bonds is 8. The van der Waals surface area contributed by atoms with E-state index in [0.29, 0.717) is 17.4 Å². The Bertz CT molecular complexity index is 1720. The lowest BCUT2D eigenvalue weighted by atomic mass is 9.95. The number of hydrogen-bond acceptors (Lipinski definition) is 6. The van der Waals surface area contributed by atoms with Crippen LogP contribution in [0.2, 0.25) is 0 Å². The van der Waals surface area contributed by atoms with Crippen molar-refractivity contribution in [3.05, 3.63) is 101 Å². The second-order valence-electron chi connectivity index (χ2n) is 11.5. The first-order valence-electron chi connectivity index (χ1n) is 14.6. The molecule has 0 bridgehead atoms. The number of anilines is 1. The minimum absolute atomic E-state index is 0.0385. The lowest BCUT2D eigenvalue weighted by molar-refractivity contribution is -0.274. The number of allylic oxidation sites excluding steroid dienone is 1. The summed E-state index contributed by atoms with van der Waals surface area (Å²) in [4.78, 5) is 19.6. The molecule has 1 fully saturated rings. The molecule has 1 saturated carbocycles. The number of benzene rings is 3. The summed E-state index contributed by atoms with van der Waals surface area (Å²) in [6, 6.07) is 19.4. The van der Waals surface area contributed by atoms with E-state index in [9.17, 15) is 18.0 Å². The first-order valence-corrected chi connectivity index (χ1v) is 15.6. The van der Waals surface area contributed by atoms with Gasteiger partial charge in [-0.1, -0.05) is 62.0 Å². The van der Waals surface area contributed by atoms with Gasteiger partial charge in [-0.25, -0.2) is 14.5 Å². The van der Waals surface area contributed by atoms with E-state index in [4.69, 9.17) is 0 Å². The highest BCUT2D eigenvalue weighted by Gasteiger charge is 2.40. The molecule has 0 saturated heterocycles. The Morgan fingerprint density at radius 1 is 1.02 bits per heavy atom. The van der Waals surface area contributed by atoms with E-state index < -0.39 is 6.36 Å². The highest BCUT2D eigenvalue weighted by Crippen LogP contribution is 2.42. The molecule has 0 spiro atoms. The molecule has 2 amide bonds. The molecule has 6 rings (SSSR count). The minimum atomic E-state index is -4.75. The van der Waals surface area contributed by atoms with Gasteiger partial charge in [0.1, 0.15) is 12.1 Å². The minimum Gasteiger partial charge on any atom is -0.406 e. The molecule has 3 atom stereocenters. The van der Waals surface area contributed by atoms with Crippen LogP contribution < -0.4 is 20.3 Å². The Kier molecular flexibility index (Phi) is 8.25. The van der Waals surface area contributed by atoms with Crippen molar-refractivity contribution < 1.29 is 22.7 Å². The molecule has 234 valence electrons. The van der Waals surface area contributed by atoms with Crippen molar-refractivity contribution in [2.45, 2.75) is 63.9 Å². The summed E-state index contributed by atoms with van der Waals surface area (Å²) in [6.07, 6.45) is -2.39. The predicted molar refractivity (Wildman–Crippen MR) is 169 cm³/mol. The van der Waals surface area contributed by atoms with E-state index in [-0.39, 0.29) is 29.2 Å². The fourth-order valence-electron chi connectivity index (χ4n) is 5.75. The van der Waals surface area contributed by atoms with Crippen molar-refractivity contribution in [3.8, 4) is 22.8 Å². The van der Waals surface area contributed by atoms with Gasteiger partial charge in [-0.3, -0.25) is 0 Å². The largest absolute Gasteiger partial charge is 0.573 e. The summed E-state index contributed by atoms with van der Waals surface area (Å²) >= 11 is 1.59. The van der Waals surface area contributed by atoms with Gasteiger partial charge in [-0.2, -0.15) is 0 Å². The second-order valence-corrected chi connectivity index (χ2v) is 12.5. The third kappa shape index (κ3) is 6.80. The SMILES string of the molecule is CC1=CSC(NC(=O)NC2CC2c2ccc(-c3ncn(-c4ccc(OC(F)(F)F)cc4)n3)cc2)N1c1cccc(C)c1C(C)C. The summed E-state index contributed by atoms with van der Waals surface area (Å²) in [5.74, 6) is 0.742. The molecule has 1 aliphatic heterocycles. The maximum Gasteiger partial charge on any atom is 0.573 e. The fraction of sp³-hybridized carbons (Fsp3) is 0.303. The molecule has 1 aromatic heterocycles. The lowest BCUT2D eigenvalue weighted by Crippen LogP contribution is -2.48. The summed E-state index contributed by atoms with van der Waals surface area (Å²) in [5.41, 5.74) is 6.95. The third-order valence-electron chi connectivity index (χ3n) is 7.91. The van der Waals surface area contributed by atoms with Crippen LogP contribution in [0.1, 0.15) is 55.7 Å². The first-order chi connectivity index (χ1) is 21.5. The van der Waals surface area contributed by atoms with Crippen LogP contribution in [0.4, 0.5) is 23.7 Å². The quantitative estimate of drug-likeness (QED) is 0.206. The van der Waals surface area contributed by atoms with E-state index in [1.165, 1.54) is 46.4 Å². The summed E-state index contributed by atoms with van der Waals surface area (Å²) in [6.45, 7) is 8.57. The maximum atomic E-state index is 13.1. The molecule has 12 heteroatoms. The normalized spacial score (nSPS) is 19.4. The Labute approximate surface area is 263 Å². The number of hydrogen-bond donors (Lipinski definition) is 2. The summed E-state index contributed by atoms with van der Waals surface area (Å²) in [5, 5.41) is 12.8. The van der Waals surface area contributed by atoms with Crippen LogP contribution in [0.25, 0.3) is 17.1 Å². The standard InChI is InChI=1S/C33H33F3N6O2S/c1-19(2)29-20(3)6-5-7-28(29)42-21(4)17-45-32(42)39-31(43)38-27-16-26(27)22-8-10-23(11-9-22)30-37-18-41(40-30)24-12-14-25(15-13-24)44-33(34,35)36/h5-15,17-19,26-27,32H,16H2,1-4H3,(H2,38,39,43). The number of amides is 2. The number of aromatic nitrogens is 3. The Hall–Kier alpha value is -4.45. The molecule has 4 aromatic rings. The molecule has 2 heterocycles. The van der Waals surface area contributed by atoms with E-state index >= 15 is 0 Å². The highest BCUT2D eigenvalue weighted by molar-refractivity contribution is 8.03. The van der Waals surface area contributed by atoms with Gasteiger partial charge in [0.15, 0.2) is 11.3 Å². The predicted octanol–water partition coefficient (Wildman–Crippen LogP) is 7.82. The number of thioether (sulfide) groups is 1. The average molecular weight is 635 g/mol. The van der Waals surface area contributed by atoms with Gasteiger partial charge in [0.25, 0.3) is 0 Å². The molecule has 1 aliphatic carbocycles. The van der Waals surface area contributed by atoms with Crippen LogP contribution in [-0.2, 0) is 0 Å². The van der Waals surface area contributed by atoms with E-state index in [1.807, 2.05) is 24.3 Å². The summed E-state index contributed by atoms with van der Waals surface area (Å²) in [7, 11) is 0. The zero-order valence-corrected chi connectivity index (χ0v) is 26.0. The number of urea groups is 1. The number of aryl methyl sites for hydroxylation is 1. The molecular formula is C33H33F3N6O2S. The number of nitrogens with zero attached hydrogens (tertiary/aromatic N) is 4. The van der Waals surface area contributed by atoms with Crippen molar-refractivity contribution in [1.29, 1.82) is 0 Å². The zero-order chi connectivity index (χ0) is 31.9. The molecule has 45 heavy (non-hydrogen) atoms. The summed E-state index contributed by atoms with van der Waals surface area (Å²) < 4.78 is 42.7. The fourth-order valence-corrected chi connectivity index (χ4v) is 6.77. The molecule has 3 aromatic carbocycles. The van der Waals surface area contributed by atoms with Crippen LogP contribution in [0.15, 0.2) is 84.2 Å². The van der Waals surface area contributed by atoms with Crippen LogP contribution in [0.5, 0.6) is 5.75 Å². The van der Waals surface area contributed by atoms with E-state index in [2.05, 4.69) is 81.7 Å². The van der Waals surface area contributed by atoms with E-state index in [0.717, 1.165) is 28.9 Å². The van der Waals surface area contributed by atoms with Crippen LogP contribution in [-0.4, -0.2) is 38.7 Å². The van der Waals surface area contributed by atoms with Crippen LogP contribution >= 0.6 is 11.8 Å². The smallest absolute Gasteiger partial charge is 0.406 e. The van der Waals surface area contributed by atoms with E-state index in [1.54, 1.807) is 11.8 Å². The molecule has 2 aliphatic rings. The Morgan fingerprint density at radius 2 is 1.76 bits per heavy atom. The second kappa shape index (κ2) is 12.2. The van der Waals surface area contributed by atoms with Gasteiger partial charge >= 0.3 is 12.4 Å². The van der Waals surface area contributed by atoms with Crippen molar-refractivity contribution in [1.82, 2.24) is 25.4 Å².